The van der Waals surface area contributed by atoms with E-state index in [1.807, 2.05) is 30.9 Å². The van der Waals surface area contributed by atoms with Crippen LogP contribution in [0.25, 0.3) is 21.3 Å². The number of hydrogen-bond acceptors (Lipinski definition) is 8. The van der Waals surface area contributed by atoms with Crippen molar-refractivity contribution in [1.29, 1.82) is 5.26 Å². The van der Waals surface area contributed by atoms with Gasteiger partial charge in [-0.2, -0.15) is 5.26 Å². The Balaban J connectivity index is 1.40. The Kier molecular flexibility index (Phi) is 5.40. The van der Waals surface area contributed by atoms with Crippen LogP contribution in [0.1, 0.15) is 40.5 Å². The van der Waals surface area contributed by atoms with Gasteiger partial charge in [0.1, 0.15) is 11.8 Å². The number of nitriles is 1. The van der Waals surface area contributed by atoms with E-state index in [9.17, 15) is 19.6 Å². The molecular formula is C27H26N6O3S. The predicted molar refractivity (Wildman–Crippen MR) is 137 cm³/mol. The lowest BCUT2D eigenvalue weighted by atomic mass is 9.97. The summed E-state index contributed by atoms with van der Waals surface area (Å²) >= 11 is 1.45. The number of aryl methyl sites for hydroxylation is 1. The van der Waals surface area contributed by atoms with Gasteiger partial charge in [0.05, 0.1) is 39.9 Å². The van der Waals surface area contributed by atoms with Crippen molar-refractivity contribution in [2.75, 3.05) is 26.2 Å². The molecule has 1 saturated carbocycles. The van der Waals surface area contributed by atoms with Gasteiger partial charge in [-0.15, -0.1) is 11.3 Å². The van der Waals surface area contributed by atoms with Gasteiger partial charge in [0.15, 0.2) is 0 Å². The predicted octanol–water partition coefficient (Wildman–Crippen LogP) is 2.72. The molecule has 5 heterocycles. The third-order valence-electron chi connectivity index (χ3n) is 7.89. The summed E-state index contributed by atoms with van der Waals surface area (Å²) in [6, 6.07) is 7.52. The average Bonchev–Trinajstić information content (AvgIpc) is 3.13. The molecule has 2 saturated heterocycles. The fourth-order valence-corrected chi connectivity index (χ4v) is 6.96. The van der Waals surface area contributed by atoms with Gasteiger partial charge in [0, 0.05) is 48.4 Å². The number of piperidine rings is 1. The maximum atomic E-state index is 13.6. The summed E-state index contributed by atoms with van der Waals surface area (Å²) in [4.78, 5) is 52.3. The summed E-state index contributed by atoms with van der Waals surface area (Å²) in [5.74, 6) is -0.740. The summed E-state index contributed by atoms with van der Waals surface area (Å²) in [5.41, 5.74) is 3.13. The van der Waals surface area contributed by atoms with Crippen molar-refractivity contribution >= 4 is 39.3 Å². The van der Waals surface area contributed by atoms with E-state index in [0.29, 0.717) is 29.9 Å². The highest BCUT2D eigenvalue weighted by Crippen LogP contribution is 2.63. The zero-order valence-corrected chi connectivity index (χ0v) is 21.7. The normalized spacial score (nSPS) is 22.3. The molecular weight excluding hydrogens is 488 g/mol. The molecule has 1 aliphatic carbocycles. The summed E-state index contributed by atoms with van der Waals surface area (Å²) in [5, 5.41) is 12.9. The number of piperazine rings is 1. The monoisotopic (exact) mass is 514 g/mol. The molecule has 3 fully saturated rings. The number of aromatic nitrogens is 2. The molecule has 10 heteroatoms. The van der Waals surface area contributed by atoms with Crippen LogP contribution in [0.2, 0.25) is 0 Å². The van der Waals surface area contributed by atoms with Crippen molar-refractivity contribution in [3.05, 3.63) is 46.2 Å². The number of imide groups is 1. The molecule has 3 aliphatic rings. The van der Waals surface area contributed by atoms with E-state index in [2.05, 4.69) is 21.4 Å². The fraction of sp³-hybridized carbons (Fsp3) is 0.407. The van der Waals surface area contributed by atoms with Gasteiger partial charge in [-0.05, 0) is 30.5 Å². The average molecular weight is 515 g/mol. The third-order valence-corrected chi connectivity index (χ3v) is 9.03. The van der Waals surface area contributed by atoms with Gasteiger partial charge in [0.2, 0.25) is 11.8 Å². The van der Waals surface area contributed by atoms with Crippen LogP contribution < -0.4 is 5.32 Å². The Morgan fingerprint density at radius 1 is 1.19 bits per heavy atom. The summed E-state index contributed by atoms with van der Waals surface area (Å²) in [6.07, 6.45) is 1.68. The largest absolute Gasteiger partial charge is 0.336 e. The molecule has 188 valence electrons. The van der Waals surface area contributed by atoms with Crippen LogP contribution in [0.5, 0.6) is 0 Å². The van der Waals surface area contributed by atoms with Crippen LogP contribution in [0.4, 0.5) is 0 Å². The third kappa shape index (κ3) is 3.64. The highest BCUT2D eigenvalue weighted by molar-refractivity contribution is 7.19. The first-order chi connectivity index (χ1) is 17.7. The minimum absolute atomic E-state index is 0.0991. The number of likely N-dealkylation sites (tertiary alicyclic amines) is 1. The number of pyridine rings is 2. The lowest BCUT2D eigenvalue weighted by Gasteiger charge is -2.28. The molecule has 0 bridgehead atoms. The molecule has 9 nitrogen and oxygen atoms in total. The first kappa shape index (κ1) is 23.7. The van der Waals surface area contributed by atoms with Crippen molar-refractivity contribution in [2.45, 2.75) is 27.3 Å². The molecule has 0 spiro atoms. The summed E-state index contributed by atoms with van der Waals surface area (Å²) in [6.45, 7) is 8.57. The van der Waals surface area contributed by atoms with E-state index in [4.69, 9.17) is 0 Å². The number of nitrogens with zero attached hydrogens (tertiary/aromatic N) is 5. The Hall–Kier alpha value is -3.68. The van der Waals surface area contributed by atoms with Gasteiger partial charge in [0.25, 0.3) is 5.91 Å². The second-order valence-electron chi connectivity index (χ2n) is 10.5. The standard InChI is InChI=1S/C27H26N6O3S/c1-14-20(24(34)32-8-6-29-7-9-32)18(10-15(12-28)31-14)17-4-5-30-19-11-16(37-23(17)19)13-33-25(35)21-22(26(33)36)27(21,2)3/h4-5,10-11,21-22,29H,6-9,13H2,1-3H3. The van der Waals surface area contributed by atoms with Gasteiger partial charge >= 0.3 is 0 Å². The van der Waals surface area contributed by atoms with Crippen molar-refractivity contribution < 1.29 is 14.4 Å². The summed E-state index contributed by atoms with van der Waals surface area (Å²) in [7, 11) is 0. The van der Waals surface area contributed by atoms with Crippen molar-refractivity contribution in [2.24, 2.45) is 17.3 Å². The molecule has 1 N–H and O–H groups in total. The van der Waals surface area contributed by atoms with Crippen LogP contribution in [0.15, 0.2) is 24.4 Å². The number of thiophene rings is 1. The maximum Gasteiger partial charge on any atom is 0.256 e. The number of carbonyl (C=O) groups excluding carboxylic acids is 3. The van der Waals surface area contributed by atoms with E-state index in [1.165, 1.54) is 16.2 Å². The lowest BCUT2D eigenvalue weighted by molar-refractivity contribution is -0.143. The number of amides is 3. The Morgan fingerprint density at radius 3 is 2.57 bits per heavy atom. The van der Waals surface area contributed by atoms with E-state index in [1.54, 1.807) is 19.2 Å². The molecule has 3 amide bonds. The number of rotatable bonds is 4. The Labute approximate surface area is 218 Å². The topological polar surface area (TPSA) is 119 Å². The second kappa shape index (κ2) is 8.43. The molecule has 0 aromatic carbocycles. The molecule has 6 rings (SSSR count). The number of carbonyl (C=O) groups is 3. The highest BCUT2D eigenvalue weighted by Gasteiger charge is 2.72. The van der Waals surface area contributed by atoms with E-state index in [-0.39, 0.29) is 47.2 Å². The highest BCUT2D eigenvalue weighted by atomic mass is 32.1. The lowest BCUT2D eigenvalue weighted by Crippen LogP contribution is -2.46. The van der Waals surface area contributed by atoms with Crippen molar-refractivity contribution in [3.8, 4) is 17.2 Å². The molecule has 3 aromatic heterocycles. The zero-order chi connectivity index (χ0) is 26.1. The van der Waals surface area contributed by atoms with Gasteiger partial charge < -0.3 is 10.2 Å². The van der Waals surface area contributed by atoms with Crippen LogP contribution >= 0.6 is 11.3 Å². The van der Waals surface area contributed by atoms with E-state index in [0.717, 1.165) is 33.7 Å². The van der Waals surface area contributed by atoms with Crippen LogP contribution in [-0.4, -0.2) is 63.7 Å². The Bertz CT molecular complexity index is 1510. The molecule has 37 heavy (non-hydrogen) atoms. The maximum absolute atomic E-state index is 13.6. The first-order valence-corrected chi connectivity index (χ1v) is 13.2. The van der Waals surface area contributed by atoms with Crippen LogP contribution in [0.3, 0.4) is 0 Å². The number of hydrogen-bond donors (Lipinski definition) is 1. The van der Waals surface area contributed by atoms with Gasteiger partial charge in [-0.25, -0.2) is 4.98 Å². The van der Waals surface area contributed by atoms with Gasteiger partial charge in [-0.3, -0.25) is 24.3 Å². The first-order valence-electron chi connectivity index (χ1n) is 12.4. The van der Waals surface area contributed by atoms with Crippen molar-refractivity contribution in [1.82, 2.24) is 25.1 Å². The molecule has 3 aromatic rings. The van der Waals surface area contributed by atoms with Crippen LogP contribution in [-0.2, 0) is 16.1 Å². The minimum Gasteiger partial charge on any atom is -0.336 e. The van der Waals surface area contributed by atoms with Gasteiger partial charge in [-0.1, -0.05) is 13.8 Å². The fourth-order valence-electron chi connectivity index (χ4n) is 5.83. The molecule has 2 aliphatic heterocycles. The molecule has 0 radical (unpaired) electrons. The zero-order valence-electron chi connectivity index (χ0n) is 20.9. The second-order valence-corrected chi connectivity index (χ2v) is 11.6. The van der Waals surface area contributed by atoms with E-state index < -0.39 is 0 Å². The minimum atomic E-state index is -0.245. The SMILES string of the molecule is Cc1nc(C#N)cc(-c2ccnc3cc(CN4C(=O)C5C(C4=O)C5(C)C)sc23)c1C(=O)N1CCNCC1. The van der Waals surface area contributed by atoms with Crippen molar-refractivity contribution in [3.63, 3.8) is 0 Å². The smallest absolute Gasteiger partial charge is 0.256 e. The number of nitrogens with one attached hydrogen (secondary N) is 1. The quantitative estimate of drug-likeness (QED) is 0.532. The number of fused-ring (bicyclic) bond motifs is 2. The summed E-state index contributed by atoms with van der Waals surface area (Å²) < 4.78 is 0.839. The molecule has 2 unspecified atom stereocenters. The Morgan fingerprint density at radius 2 is 1.89 bits per heavy atom. The molecule has 2 atom stereocenters. The van der Waals surface area contributed by atoms with Crippen LogP contribution in [0, 0.1) is 35.5 Å². The van der Waals surface area contributed by atoms with E-state index >= 15 is 0 Å².